The summed E-state index contributed by atoms with van der Waals surface area (Å²) in [7, 11) is 1.97. The van der Waals surface area contributed by atoms with Crippen molar-refractivity contribution in [2.45, 2.75) is 26.8 Å². The fourth-order valence-electron chi connectivity index (χ4n) is 2.50. The Labute approximate surface area is 115 Å². The molecule has 3 heteroatoms. The van der Waals surface area contributed by atoms with Gasteiger partial charge >= 0.3 is 0 Å². The fraction of sp³-hybridized carbons (Fsp3) is 0.438. The molecule has 0 bridgehead atoms. The summed E-state index contributed by atoms with van der Waals surface area (Å²) >= 11 is 0. The van der Waals surface area contributed by atoms with Gasteiger partial charge in [0.05, 0.1) is 0 Å². The molecule has 0 unspecified atom stereocenters. The highest BCUT2D eigenvalue weighted by molar-refractivity contribution is 5.94. The van der Waals surface area contributed by atoms with E-state index in [1.165, 1.54) is 16.3 Å². The van der Waals surface area contributed by atoms with Crippen LogP contribution in [0.5, 0.6) is 0 Å². The number of fused-ring (bicyclic) bond motifs is 1. The molecule has 0 amide bonds. The Hall–Kier alpha value is -1.61. The van der Waals surface area contributed by atoms with E-state index in [9.17, 15) is 0 Å². The van der Waals surface area contributed by atoms with Crippen LogP contribution in [0.2, 0.25) is 0 Å². The molecule has 0 aliphatic carbocycles. The van der Waals surface area contributed by atoms with E-state index in [1.54, 1.807) is 0 Å². The van der Waals surface area contributed by atoms with E-state index in [0.29, 0.717) is 0 Å². The molecule has 0 spiro atoms. The van der Waals surface area contributed by atoms with Crippen molar-refractivity contribution in [2.75, 3.05) is 25.0 Å². The average molecular weight is 257 g/mol. The van der Waals surface area contributed by atoms with Gasteiger partial charge in [0.15, 0.2) is 0 Å². The minimum Gasteiger partial charge on any atom is -0.356 e. The van der Waals surface area contributed by atoms with Gasteiger partial charge in [-0.05, 0) is 31.3 Å². The molecule has 1 aromatic carbocycles. The molecule has 19 heavy (non-hydrogen) atoms. The SMILES string of the molecule is CCCN(CC)c1ncc(CNC)c2ccccc12. The third-order valence-corrected chi connectivity index (χ3v) is 3.40. The molecular weight excluding hydrogens is 234 g/mol. The first-order valence-corrected chi connectivity index (χ1v) is 7.08. The van der Waals surface area contributed by atoms with Gasteiger partial charge in [0.25, 0.3) is 0 Å². The fourth-order valence-corrected chi connectivity index (χ4v) is 2.50. The van der Waals surface area contributed by atoms with E-state index in [0.717, 1.165) is 31.9 Å². The summed E-state index contributed by atoms with van der Waals surface area (Å²) in [4.78, 5) is 7.05. The predicted octanol–water partition coefficient (Wildman–Crippen LogP) is 3.19. The van der Waals surface area contributed by atoms with E-state index in [1.807, 2.05) is 13.2 Å². The molecule has 1 heterocycles. The topological polar surface area (TPSA) is 28.2 Å². The summed E-state index contributed by atoms with van der Waals surface area (Å²) in [5, 5.41) is 5.77. The van der Waals surface area contributed by atoms with Crippen LogP contribution in [0, 0.1) is 0 Å². The molecule has 2 aromatic rings. The first-order valence-electron chi connectivity index (χ1n) is 7.08. The van der Waals surface area contributed by atoms with Crippen molar-refractivity contribution in [3.05, 3.63) is 36.0 Å². The molecule has 0 aliphatic heterocycles. The molecule has 0 saturated carbocycles. The van der Waals surface area contributed by atoms with Crippen LogP contribution in [-0.4, -0.2) is 25.1 Å². The van der Waals surface area contributed by atoms with Gasteiger partial charge in [-0.25, -0.2) is 4.98 Å². The minimum atomic E-state index is 0.855. The Morgan fingerprint density at radius 3 is 2.53 bits per heavy atom. The lowest BCUT2D eigenvalue weighted by Crippen LogP contribution is -2.25. The summed E-state index contributed by atoms with van der Waals surface area (Å²) in [5.74, 6) is 1.11. The van der Waals surface area contributed by atoms with E-state index >= 15 is 0 Å². The molecule has 102 valence electrons. The van der Waals surface area contributed by atoms with Gasteiger partial charge in [-0.3, -0.25) is 0 Å². The van der Waals surface area contributed by atoms with Crippen molar-refractivity contribution in [2.24, 2.45) is 0 Å². The Morgan fingerprint density at radius 1 is 1.16 bits per heavy atom. The number of nitrogens with zero attached hydrogens (tertiary/aromatic N) is 2. The first-order chi connectivity index (χ1) is 9.31. The zero-order valence-corrected chi connectivity index (χ0v) is 12.1. The van der Waals surface area contributed by atoms with Crippen LogP contribution < -0.4 is 10.2 Å². The number of benzene rings is 1. The lowest BCUT2D eigenvalue weighted by molar-refractivity contribution is 0.778. The predicted molar refractivity (Wildman–Crippen MR) is 82.7 cm³/mol. The molecule has 0 saturated heterocycles. The zero-order valence-electron chi connectivity index (χ0n) is 12.1. The summed E-state index contributed by atoms with van der Waals surface area (Å²) in [6.07, 6.45) is 3.15. The highest BCUT2D eigenvalue weighted by Crippen LogP contribution is 2.27. The number of pyridine rings is 1. The number of nitrogens with one attached hydrogen (secondary N) is 1. The van der Waals surface area contributed by atoms with Crippen LogP contribution in [0.1, 0.15) is 25.8 Å². The van der Waals surface area contributed by atoms with Gasteiger partial charge in [0.1, 0.15) is 5.82 Å². The highest BCUT2D eigenvalue weighted by atomic mass is 15.2. The van der Waals surface area contributed by atoms with Gasteiger partial charge < -0.3 is 10.2 Å². The second-order valence-electron chi connectivity index (χ2n) is 4.76. The Kier molecular flexibility index (Phi) is 4.74. The molecular formula is C16H23N3. The average Bonchev–Trinajstić information content (AvgIpc) is 2.46. The monoisotopic (exact) mass is 257 g/mol. The second kappa shape index (κ2) is 6.53. The summed E-state index contributed by atoms with van der Waals surface area (Å²) < 4.78 is 0. The van der Waals surface area contributed by atoms with E-state index in [4.69, 9.17) is 4.98 Å². The molecule has 1 aromatic heterocycles. The Morgan fingerprint density at radius 2 is 1.89 bits per heavy atom. The van der Waals surface area contributed by atoms with Crippen LogP contribution in [0.4, 0.5) is 5.82 Å². The Bertz CT molecular complexity index is 537. The number of aromatic nitrogens is 1. The molecule has 0 fully saturated rings. The third-order valence-electron chi connectivity index (χ3n) is 3.40. The van der Waals surface area contributed by atoms with Crippen molar-refractivity contribution >= 4 is 16.6 Å². The largest absolute Gasteiger partial charge is 0.356 e. The van der Waals surface area contributed by atoms with Crippen LogP contribution >= 0.6 is 0 Å². The number of hydrogen-bond acceptors (Lipinski definition) is 3. The van der Waals surface area contributed by atoms with Gasteiger partial charge in [-0.1, -0.05) is 31.2 Å². The van der Waals surface area contributed by atoms with Crippen LogP contribution in [-0.2, 0) is 6.54 Å². The lowest BCUT2D eigenvalue weighted by Gasteiger charge is -2.23. The van der Waals surface area contributed by atoms with E-state index < -0.39 is 0 Å². The maximum Gasteiger partial charge on any atom is 0.136 e. The molecule has 0 radical (unpaired) electrons. The number of anilines is 1. The van der Waals surface area contributed by atoms with Gasteiger partial charge in [-0.2, -0.15) is 0 Å². The summed E-state index contributed by atoms with van der Waals surface area (Å²) in [5.41, 5.74) is 1.26. The van der Waals surface area contributed by atoms with Crippen LogP contribution in [0.3, 0.4) is 0 Å². The number of rotatable bonds is 6. The zero-order chi connectivity index (χ0) is 13.7. The molecule has 0 aliphatic rings. The van der Waals surface area contributed by atoms with Crippen molar-refractivity contribution in [1.82, 2.24) is 10.3 Å². The van der Waals surface area contributed by atoms with Crippen molar-refractivity contribution in [3.63, 3.8) is 0 Å². The minimum absolute atomic E-state index is 0.855. The first kappa shape index (κ1) is 13.8. The van der Waals surface area contributed by atoms with Gasteiger partial charge in [-0.15, -0.1) is 0 Å². The van der Waals surface area contributed by atoms with E-state index in [2.05, 4.69) is 48.3 Å². The highest BCUT2D eigenvalue weighted by Gasteiger charge is 2.11. The lowest BCUT2D eigenvalue weighted by atomic mass is 10.1. The van der Waals surface area contributed by atoms with Gasteiger partial charge in [0.2, 0.25) is 0 Å². The quantitative estimate of drug-likeness (QED) is 0.861. The standard InChI is InChI=1S/C16H23N3/c1-4-10-19(5-2)16-15-9-7-6-8-14(15)13(11-17-3)12-18-16/h6-9,12,17H,4-5,10-11H2,1-3H3. The summed E-state index contributed by atoms with van der Waals surface area (Å²) in [6.45, 7) is 7.30. The summed E-state index contributed by atoms with van der Waals surface area (Å²) in [6, 6.07) is 8.56. The van der Waals surface area contributed by atoms with Gasteiger partial charge in [0, 0.05) is 31.2 Å². The van der Waals surface area contributed by atoms with E-state index in [-0.39, 0.29) is 0 Å². The number of hydrogen-bond donors (Lipinski definition) is 1. The van der Waals surface area contributed by atoms with Crippen molar-refractivity contribution < 1.29 is 0 Å². The normalized spacial score (nSPS) is 10.9. The molecule has 1 N–H and O–H groups in total. The maximum atomic E-state index is 4.70. The molecule has 2 rings (SSSR count). The van der Waals surface area contributed by atoms with Crippen molar-refractivity contribution in [1.29, 1.82) is 0 Å². The van der Waals surface area contributed by atoms with Crippen LogP contribution in [0.15, 0.2) is 30.5 Å². The maximum absolute atomic E-state index is 4.70. The van der Waals surface area contributed by atoms with Crippen LogP contribution in [0.25, 0.3) is 10.8 Å². The molecule has 0 atom stereocenters. The smallest absolute Gasteiger partial charge is 0.136 e. The Balaban J connectivity index is 2.54. The third kappa shape index (κ3) is 2.87. The molecule has 3 nitrogen and oxygen atoms in total. The van der Waals surface area contributed by atoms with Crippen molar-refractivity contribution in [3.8, 4) is 0 Å². The second-order valence-corrected chi connectivity index (χ2v) is 4.76.